The summed E-state index contributed by atoms with van der Waals surface area (Å²) in [5, 5.41) is 6.90. The van der Waals surface area contributed by atoms with E-state index >= 15 is 0 Å². The van der Waals surface area contributed by atoms with Crippen LogP contribution in [0.5, 0.6) is 0 Å². The summed E-state index contributed by atoms with van der Waals surface area (Å²) in [4.78, 5) is 28.3. The predicted molar refractivity (Wildman–Crippen MR) is 93.5 cm³/mol. The number of hydrogen-bond donors (Lipinski definition) is 2. The fraction of sp³-hybridized carbons (Fsp3) is 0.0556. The summed E-state index contributed by atoms with van der Waals surface area (Å²) in [5.41, 5.74) is 3.30. The quantitative estimate of drug-likeness (QED) is 0.750. The standard InChI is InChI=1S/C18H12ClN3O2/c19-14-5-4-13(17-12(14)2-1-7-20-17)18(24)21-11-3-6-15-10(8-11)9-16(23)22-15/h1-8H,9H2,(H,21,24)(H,22,23). The number of pyridine rings is 1. The second-order valence-corrected chi connectivity index (χ2v) is 5.95. The Hall–Kier alpha value is -2.92. The molecule has 1 aliphatic heterocycles. The summed E-state index contributed by atoms with van der Waals surface area (Å²) in [7, 11) is 0. The molecule has 6 heteroatoms. The molecule has 24 heavy (non-hydrogen) atoms. The lowest BCUT2D eigenvalue weighted by molar-refractivity contribution is -0.115. The predicted octanol–water partition coefficient (Wildman–Crippen LogP) is 3.64. The Morgan fingerprint density at radius 2 is 2.08 bits per heavy atom. The number of amides is 2. The van der Waals surface area contributed by atoms with Crippen molar-refractivity contribution in [1.29, 1.82) is 0 Å². The fourth-order valence-electron chi connectivity index (χ4n) is 2.83. The van der Waals surface area contributed by atoms with E-state index in [1.54, 1.807) is 42.6 Å². The van der Waals surface area contributed by atoms with Crippen molar-refractivity contribution >= 4 is 45.7 Å². The third-order valence-corrected chi connectivity index (χ3v) is 4.28. The molecule has 1 aromatic heterocycles. The zero-order valence-electron chi connectivity index (χ0n) is 12.5. The van der Waals surface area contributed by atoms with E-state index in [0.29, 0.717) is 28.2 Å². The van der Waals surface area contributed by atoms with Crippen LogP contribution < -0.4 is 10.6 Å². The van der Waals surface area contributed by atoms with Gasteiger partial charge in [-0.05, 0) is 48.0 Å². The third-order valence-electron chi connectivity index (χ3n) is 3.95. The number of nitrogens with zero attached hydrogens (tertiary/aromatic N) is 1. The molecule has 2 N–H and O–H groups in total. The van der Waals surface area contributed by atoms with Crippen molar-refractivity contribution in [3.8, 4) is 0 Å². The summed E-state index contributed by atoms with van der Waals surface area (Å²) >= 11 is 6.16. The van der Waals surface area contributed by atoms with Crippen LogP contribution in [0.25, 0.3) is 10.9 Å². The van der Waals surface area contributed by atoms with Crippen molar-refractivity contribution in [3.63, 3.8) is 0 Å². The molecule has 5 nitrogen and oxygen atoms in total. The Labute approximate surface area is 142 Å². The van der Waals surface area contributed by atoms with Crippen LogP contribution in [-0.4, -0.2) is 16.8 Å². The first-order chi connectivity index (χ1) is 11.6. The van der Waals surface area contributed by atoms with Gasteiger partial charge in [0, 0.05) is 23.0 Å². The van der Waals surface area contributed by atoms with E-state index < -0.39 is 0 Å². The number of halogens is 1. The first-order valence-corrected chi connectivity index (χ1v) is 7.77. The molecule has 0 spiro atoms. The summed E-state index contributed by atoms with van der Waals surface area (Å²) in [6.07, 6.45) is 1.95. The van der Waals surface area contributed by atoms with Crippen LogP contribution in [0.1, 0.15) is 15.9 Å². The van der Waals surface area contributed by atoms with Gasteiger partial charge in [0.2, 0.25) is 5.91 Å². The second kappa shape index (κ2) is 5.62. The van der Waals surface area contributed by atoms with Gasteiger partial charge in [-0.1, -0.05) is 11.6 Å². The molecule has 2 aromatic carbocycles. The molecular weight excluding hydrogens is 326 g/mol. The van der Waals surface area contributed by atoms with Crippen LogP contribution in [0.2, 0.25) is 5.02 Å². The van der Waals surface area contributed by atoms with E-state index in [1.165, 1.54) is 0 Å². The molecular formula is C18H12ClN3O2. The highest BCUT2D eigenvalue weighted by Crippen LogP contribution is 2.28. The van der Waals surface area contributed by atoms with Crippen molar-refractivity contribution in [2.45, 2.75) is 6.42 Å². The van der Waals surface area contributed by atoms with Crippen molar-refractivity contribution in [2.75, 3.05) is 10.6 Å². The molecule has 3 aromatic rings. The molecule has 0 radical (unpaired) electrons. The third kappa shape index (κ3) is 2.49. The normalized spacial score (nSPS) is 12.8. The smallest absolute Gasteiger partial charge is 0.257 e. The first kappa shape index (κ1) is 14.7. The minimum absolute atomic E-state index is 0.0404. The Morgan fingerprint density at radius 1 is 1.21 bits per heavy atom. The monoisotopic (exact) mass is 337 g/mol. The second-order valence-electron chi connectivity index (χ2n) is 5.55. The van der Waals surface area contributed by atoms with E-state index in [9.17, 15) is 9.59 Å². The van der Waals surface area contributed by atoms with Crippen LogP contribution in [-0.2, 0) is 11.2 Å². The minimum Gasteiger partial charge on any atom is -0.326 e. The van der Waals surface area contributed by atoms with Crippen LogP contribution >= 0.6 is 11.6 Å². The Morgan fingerprint density at radius 3 is 2.96 bits per heavy atom. The van der Waals surface area contributed by atoms with Gasteiger partial charge in [-0.2, -0.15) is 0 Å². The molecule has 0 unspecified atom stereocenters. The van der Waals surface area contributed by atoms with Crippen molar-refractivity contribution in [2.24, 2.45) is 0 Å². The van der Waals surface area contributed by atoms with Gasteiger partial charge in [-0.25, -0.2) is 0 Å². The molecule has 2 amide bonds. The van der Waals surface area contributed by atoms with Gasteiger partial charge in [0.1, 0.15) is 0 Å². The molecule has 0 fully saturated rings. The first-order valence-electron chi connectivity index (χ1n) is 7.39. The van der Waals surface area contributed by atoms with Crippen molar-refractivity contribution in [3.05, 3.63) is 64.8 Å². The Bertz CT molecular complexity index is 1000. The van der Waals surface area contributed by atoms with Gasteiger partial charge in [0.15, 0.2) is 0 Å². The number of fused-ring (bicyclic) bond motifs is 2. The van der Waals surface area contributed by atoms with E-state index in [-0.39, 0.29) is 11.8 Å². The van der Waals surface area contributed by atoms with Gasteiger partial charge >= 0.3 is 0 Å². The minimum atomic E-state index is -0.271. The van der Waals surface area contributed by atoms with Crippen LogP contribution in [0.3, 0.4) is 0 Å². The number of carbonyl (C=O) groups excluding carboxylic acids is 2. The molecule has 0 atom stereocenters. The Kier molecular flexibility index (Phi) is 3.43. The number of benzene rings is 2. The SMILES string of the molecule is O=C1Cc2cc(NC(=O)c3ccc(Cl)c4cccnc34)ccc2N1. The van der Waals surface area contributed by atoms with E-state index in [4.69, 9.17) is 11.6 Å². The van der Waals surface area contributed by atoms with Gasteiger partial charge in [-0.15, -0.1) is 0 Å². The lowest BCUT2D eigenvalue weighted by Crippen LogP contribution is -2.13. The molecule has 0 bridgehead atoms. The van der Waals surface area contributed by atoms with E-state index in [0.717, 1.165) is 16.6 Å². The molecule has 0 saturated heterocycles. The highest BCUT2D eigenvalue weighted by molar-refractivity contribution is 6.36. The number of anilines is 2. The summed E-state index contributed by atoms with van der Waals surface area (Å²) < 4.78 is 0. The molecule has 4 rings (SSSR count). The fourth-order valence-corrected chi connectivity index (χ4v) is 3.04. The number of carbonyl (C=O) groups is 2. The number of rotatable bonds is 2. The van der Waals surface area contributed by atoms with Gasteiger partial charge < -0.3 is 10.6 Å². The zero-order chi connectivity index (χ0) is 16.7. The summed E-state index contributed by atoms with van der Waals surface area (Å²) in [5.74, 6) is -0.311. The molecule has 0 saturated carbocycles. The van der Waals surface area contributed by atoms with Gasteiger partial charge in [0.05, 0.1) is 22.5 Å². The average Bonchev–Trinajstić information content (AvgIpc) is 2.94. The molecule has 0 aliphatic carbocycles. The summed E-state index contributed by atoms with van der Waals surface area (Å²) in [6, 6.07) is 12.3. The largest absolute Gasteiger partial charge is 0.326 e. The van der Waals surface area contributed by atoms with E-state index in [2.05, 4.69) is 15.6 Å². The average molecular weight is 338 g/mol. The van der Waals surface area contributed by atoms with Crippen LogP contribution in [0.15, 0.2) is 48.7 Å². The van der Waals surface area contributed by atoms with E-state index in [1.807, 2.05) is 6.07 Å². The number of aromatic nitrogens is 1. The highest BCUT2D eigenvalue weighted by atomic mass is 35.5. The van der Waals surface area contributed by atoms with Crippen LogP contribution in [0.4, 0.5) is 11.4 Å². The molecule has 118 valence electrons. The number of nitrogens with one attached hydrogen (secondary N) is 2. The van der Waals surface area contributed by atoms with Gasteiger partial charge in [0.25, 0.3) is 5.91 Å². The molecule has 1 aliphatic rings. The van der Waals surface area contributed by atoms with Crippen molar-refractivity contribution in [1.82, 2.24) is 4.98 Å². The topological polar surface area (TPSA) is 71.1 Å². The van der Waals surface area contributed by atoms with Gasteiger partial charge in [-0.3, -0.25) is 14.6 Å². The maximum Gasteiger partial charge on any atom is 0.257 e. The highest BCUT2D eigenvalue weighted by Gasteiger charge is 2.19. The zero-order valence-corrected chi connectivity index (χ0v) is 13.2. The van der Waals surface area contributed by atoms with Crippen molar-refractivity contribution < 1.29 is 9.59 Å². The lowest BCUT2D eigenvalue weighted by atomic mass is 10.1. The maximum atomic E-state index is 12.6. The summed E-state index contributed by atoms with van der Waals surface area (Å²) in [6.45, 7) is 0. The molecule has 2 heterocycles. The number of hydrogen-bond acceptors (Lipinski definition) is 3. The maximum absolute atomic E-state index is 12.6. The Balaban J connectivity index is 1.67. The lowest BCUT2D eigenvalue weighted by Gasteiger charge is -2.09. The van der Waals surface area contributed by atoms with Crippen LogP contribution in [0, 0.1) is 0 Å².